The molecule has 7 heteroatoms. The van der Waals surface area contributed by atoms with Crippen LogP contribution in [-0.2, 0) is 0 Å². The van der Waals surface area contributed by atoms with Crippen molar-refractivity contribution in [3.63, 3.8) is 0 Å². The monoisotopic (exact) mass is 230 g/mol. The Morgan fingerprint density at radius 1 is 1.29 bits per heavy atom. The van der Waals surface area contributed by atoms with Gasteiger partial charge in [-0.05, 0) is 12.1 Å². The fraction of sp³-hybridized carbons (Fsp3) is 0. The Balaban J connectivity index is 2.24. The lowest BCUT2D eigenvalue weighted by Gasteiger charge is -1.98. The zero-order chi connectivity index (χ0) is 11.8. The van der Waals surface area contributed by atoms with Crippen LogP contribution in [0.15, 0.2) is 24.5 Å². The zero-order valence-corrected chi connectivity index (χ0v) is 8.55. The van der Waals surface area contributed by atoms with E-state index >= 15 is 0 Å². The van der Waals surface area contributed by atoms with E-state index < -0.39 is 5.82 Å². The number of halogens is 1. The number of hydrogen-bond acceptors (Lipinski definition) is 5. The number of nitrogens with one attached hydrogen (secondary N) is 1. The number of nitrogens with two attached hydrogens (primary N) is 1. The van der Waals surface area contributed by atoms with E-state index in [1.165, 1.54) is 0 Å². The van der Waals surface area contributed by atoms with Gasteiger partial charge in [0.05, 0.1) is 11.6 Å². The average molecular weight is 230 g/mol. The van der Waals surface area contributed by atoms with E-state index in [1.54, 1.807) is 12.3 Å². The third-order valence-corrected chi connectivity index (χ3v) is 2.32. The van der Waals surface area contributed by atoms with Gasteiger partial charge >= 0.3 is 0 Å². The van der Waals surface area contributed by atoms with Crippen molar-refractivity contribution in [1.82, 2.24) is 25.1 Å². The van der Waals surface area contributed by atoms with Crippen molar-refractivity contribution >= 4 is 16.9 Å². The minimum atomic E-state index is -0.647. The summed E-state index contributed by atoms with van der Waals surface area (Å²) in [4.78, 5) is 11.8. The molecule has 0 amide bonds. The fourth-order valence-corrected chi connectivity index (χ4v) is 1.52. The van der Waals surface area contributed by atoms with E-state index in [9.17, 15) is 4.39 Å². The summed E-state index contributed by atoms with van der Waals surface area (Å²) >= 11 is 0. The number of aromatic nitrogens is 5. The molecule has 0 atom stereocenters. The second kappa shape index (κ2) is 3.48. The summed E-state index contributed by atoms with van der Waals surface area (Å²) in [6.45, 7) is 0. The quantitative estimate of drug-likeness (QED) is 0.653. The van der Waals surface area contributed by atoms with Crippen LogP contribution in [0.25, 0.3) is 22.6 Å². The highest BCUT2D eigenvalue weighted by Gasteiger charge is 2.12. The summed E-state index contributed by atoms with van der Waals surface area (Å²) in [6, 6.07) is 3.60. The van der Waals surface area contributed by atoms with Crippen LogP contribution < -0.4 is 5.73 Å². The molecule has 0 unspecified atom stereocenters. The van der Waals surface area contributed by atoms with E-state index in [0.717, 1.165) is 11.6 Å². The van der Waals surface area contributed by atoms with E-state index in [2.05, 4.69) is 25.1 Å². The highest BCUT2D eigenvalue weighted by atomic mass is 19.1. The van der Waals surface area contributed by atoms with Gasteiger partial charge in [0.2, 0.25) is 0 Å². The molecular formula is C10H7FN6. The lowest BCUT2D eigenvalue weighted by Crippen LogP contribution is -1.99. The molecule has 0 saturated heterocycles. The molecule has 3 aromatic rings. The van der Waals surface area contributed by atoms with Crippen LogP contribution in [0.4, 0.5) is 10.2 Å². The molecule has 6 nitrogen and oxygen atoms in total. The number of nitrogen functional groups attached to an aromatic ring is 1. The molecule has 3 rings (SSSR count). The maximum atomic E-state index is 13.0. The van der Waals surface area contributed by atoms with Gasteiger partial charge in [-0.15, -0.1) is 0 Å². The first-order valence-electron chi connectivity index (χ1n) is 4.83. The first-order valence-corrected chi connectivity index (χ1v) is 4.83. The Morgan fingerprint density at radius 2 is 2.18 bits per heavy atom. The third kappa shape index (κ3) is 1.48. The molecule has 3 N–H and O–H groups in total. The number of anilines is 1. The number of rotatable bonds is 1. The molecule has 0 aliphatic rings. The molecule has 0 spiro atoms. The fourth-order valence-electron chi connectivity index (χ4n) is 1.52. The Bertz CT molecular complexity index is 692. The van der Waals surface area contributed by atoms with E-state index in [0.29, 0.717) is 11.3 Å². The maximum absolute atomic E-state index is 13.0. The summed E-state index contributed by atoms with van der Waals surface area (Å²) in [5.41, 5.74) is 6.51. The van der Waals surface area contributed by atoms with Crippen LogP contribution in [-0.4, -0.2) is 25.1 Å². The summed E-state index contributed by atoms with van der Waals surface area (Å²) in [5, 5.41) is 7.55. The van der Waals surface area contributed by atoms with Crippen LogP contribution in [0.1, 0.15) is 0 Å². The summed E-state index contributed by atoms with van der Waals surface area (Å²) in [7, 11) is 0. The normalized spacial score (nSPS) is 10.9. The number of nitrogens with zero attached hydrogens (tertiary/aromatic N) is 4. The first-order chi connectivity index (χ1) is 8.25. The van der Waals surface area contributed by atoms with Crippen molar-refractivity contribution in [3.05, 3.63) is 30.3 Å². The SMILES string of the molecule is Nc1nc(-c2n[nH]c3ncccc23)ncc1F. The van der Waals surface area contributed by atoms with Gasteiger partial charge in [-0.1, -0.05) is 0 Å². The molecule has 3 aromatic heterocycles. The van der Waals surface area contributed by atoms with Gasteiger partial charge in [0, 0.05) is 6.20 Å². The smallest absolute Gasteiger partial charge is 0.183 e. The number of fused-ring (bicyclic) bond motifs is 1. The number of H-pyrrole nitrogens is 1. The molecule has 84 valence electrons. The second-order valence-electron chi connectivity index (χ2n) is 3.40. The van der Waals surface area contributed by atoms with Crippen molar-refractivity contribution in [2.24, 2.45) is 0 Å². The lowest BCUT2D eigenvalue weighted by molar-refractivity contribution is 0.620. The predicted molar refractivity (Wildman–Crippen MR) is 59.3 cm³/mol. The standard InChI is InChI=1S/C10H7FN6/c11-6-4-14-10(15-8(6)12)7-5-2-1-3-13-9(5)17-16-7/h1-4H,(H2,12,14,15)(H,13,16,17). The van der Waals surface area contributed by atoms with E-state index in [1.807, 2.05) is 6.07 Å². The van der Waals surface area contributed by atoms with Gasteiger partial charge in [0.25, 0.3) is 0 Å². The van der Waals surface area contributed by atoms with Crippen LogP contribution in [0, 0.1) is 5.82 Å². The Hall–Kier alpha value is -2.57. The molecule has 17 heavy (non-hydrogen) atoms. The van der Waals surface area contributed by atoms with Crippen LogP contribution in [0.3, 0.4) is 0 Å². The van der Waals surface area contributed by atoms with Gasteiger partial charge in [-0.25, -0.2) is 19.3 Å². The molecule has 0 saturated carbocycles. The Kier molecular flexibility index (Phi) is 1.97. The van der Waals surface area contributed by atoms with Crippen molar-refractivity contribution < 1.29 is 4.39 Å². The molecule has 0 bridgehead atoms. The van der Waals surface area contributed by atoms with Gasteiger partial charge in [0.1, 0.15) is 5.69 Å². The highest BCUT2D eigenvalue weighted by Crippen LogP contribution is 2.22. The minimum Gasteiger partial charge on any atom is -0.381 e. The van der Waals surface area contributed by atoms with Gasteiger partial charge < -0.3 is 5.73 Å². The van der Waals surface area contributed by atoms with Gasteiger partial charge in [0.15, 0.2) is 23.1 Å². The van der Waals surface area contributed by atoms with E-state index in [4.69, 9.17) is 5.73 Å². The van der Waals surface area contributed by atoms with Crippen molar-refractivity contribution in [3.8, 4) is 11.5 Å². The Labute approximate surface area is 94.7 Å². The maximum Gasteiger partial charge on any atom is 0.183 e. The summed E-state index contributed by atoms with van der Waals surface area (Å²) in [6.07, 6.45) is 2.67. The largest absolute Gasteiger partial charge is 0.381 e. The molecule has 0 radical (unpaired) electrons. The lowest BCUT2D eigenvalue weighted by atomic mass is 10.2. The van der Waals surface area contributed by atoms with Crippen LogP contribution in [0.5, 0.6) is 0 Å². The van der Waals surface area contributed by atoms with Crippen molar-refractivity contribution in [2.75, 3.05) is 5.73 Å². The second-order valence-corrected chi connectivity index (χ2v) is 3.40. The average Bonchev–Trinajstić information content (AvgIpc) is 2.76. The van der Waals surface area contributed by atoms with Gasteiger partial charge in [-0.2, -0.15) is 5.10 Å². The molecule has 0 aromatic carbocycles. The molecular weight excluding hydrogens is 223 g/mol. The van der Waals surface area contributed by atoms with Gasteiger partial charge in [-0.3, -0.25) is 5.10 Å². The zero-order valence-electron chi connectivity index (χ0n) is 8.55. The number of aromatic amines is 1. The molecule has 0 aliphatic heterocycles. The molecule has 0 aliphatic carbocycles. The molecule has 0 fully saturated rings. The number of hydrogen-bond donors (Lipinski definition) is 2. The Morgan fingerprint density at radius 3 is 3.00 bits per heavy atom. The van der Waals surface area contributed by atoms with Crippen molar-refractivity contribution in [1.29, 1.82) is 0 Å². The van der Waals surface area contributed by atoms with Crippen LogP contribution >= 0.6 is 0 Å². The minimum absolute atomic E-state index is 0.199. The first kappa shape index (κ1) is 9.64. The topological polar surface area (TPSA) is 93.4 Å². The molecule has 3 heterocycles. The summed E-state index contributed by atoms with van der Waals surface area (Å²) in [5.74, 6) is -0.579. The van der Waals surface area contributed by atoms with E-state index in [-0.39, 0.29) is 11.6 Å². The predicted octanol–water partition coefficient (Wildman–Crippen LogP) is 1.14. The highest BCUT2D eigenvalue weighted by molar-refractivity contribution is 5.88. The van der Waals surface area contributed by atoms with Crippen molar-refractivity contribution in [2.45, 2.75) is 0 Å². The van der Waals surface area contributed by atoms with Crippen LogP contribution in [0.2, 0.25) is 0 Å². The summed E-state index contributed by atoms with van der Waals surface area (Å²) < 4.78 is 13.0. The third-order valence-electron chi connectivity index (χ3n) is 2.32. The number of pyridine rings is 1.